The first kappa shape index (κ1) is 35.5. The molecule has 0 saturated heterocycles. The molecule has 0 aliphatic heterocycles. The van der Waals surface area contributed by atoms with Gasteiger partial charge in [0.15, 0.2) is 0 Å². The van der Waals surface area contributed by atoms with E-state index >= 15 is 0 Å². The van der Waals surface area contributed by atoms with Crippen molar-refractivity contribution in [1.29, 1.82) is 0 Å². The Morgan fingerprint density at radius 3 is 1.27 bits per heavy atom. The number of hydrogen-bond donors (Lipinski definition) is 4. The van der Waals surface area contributed by atoms with Crippen LogP contribution in [0.1, 0.15) is 11.1 Å². The smallest absolute Gasteiger partial charge is 0.506 e. The summed E-state index contributed by atoms with van der Waals surface area (Å²) in [5.74, 6) is -0.276. The van der Waals surface area contributed by atoms with E-state index in [1.807, 2.05) is 24.3 Å². The summed E-state index contributed by atoms with van der Waals surface area (Å²) in [5, 5.41) is 39.8. The molecule has 0 amide bonds. The number of nitrogens with zero attached hydrogens (tertiary/aromatic N) is 4. The van der Waals surface area contributed by atoms with Gasteiger partial charge in [-0.25, -0.2) is 0 Å². The van der Waals surface area contributed by atoms with Crippen LogP contribution in [-0.4, -0.2) is 36.2 Å². The maximum atomic E-state index is 12.3. The van der Waals surface area contributed by atoms with Crippen molar-refractivity contribution < 1.29 is 65.7 Å². The summed E-state index contributed by atoms with van der Waals surface area (Å²) in [4.78, 5) is -1.10. The topological polar surface area (TPSA) is 199 Å². The van der Waals surface area contributed by atoms with Crippen molar-refractivity contribution in [1.82, 2.24) is 0 Å². The van der Waals surface area contributed by atoms with Gasteiger partial charge in [0, 0.05) is 10.8 Å². The maximum absolute atomic E-state index is 12.3. The minimum atomic E-state index is -4.80. The van der Waals surface area contributed by atoms with E-state index in [2.05, 4.69) is 20.5 Å². The van der Waals surface area contributed by atoms with Crippen LogP contribution in [0.5, 0.6) is 11.5 Å². The average Bonchev–Trinajstić information content (AvgIpc) is 3.06. The number of hydrogen-bond acceptors (Lipinski definition) is 10. The number of azo groups is 2. The Morgan fingerprint density at radius 2 is 0.878 bits per heavy atom. The molecule has 15 heteroatoms. The average molecular weight is 704 g/mol. The Morgan fingerprint density at radius 1 is 0.490 bits per heavy atom. The summed E-state index contributed by atoms with van der Waals surface area (Å²) in [7, 11) is -9.60. The monoisotopic (exact) mass is 703 g/mol. The number of aromatic hydroxyl groups is 2. The molecule has 0 unspecified atom stereocenters. The SMILES string of the molecule is O=S(=O)(O)c1cc(N=Nc2c(O)ccc3ccccc23)ccc1/C=C/c1ccc(N=Nc2c(O)ccc3ccccc23)cc1S(=O)(=O)O.[Na+]. The van der Waals surface area contributed by atoms with Gasteiger partial charge in [-0.05, 0) is 58.3 Å². The van der Waals surface area contributed by atoms with Gasteiger partial charge in [-0.15, -0.1) is 10.2 Å². The Hall–Kier alpha value is -4.80. The third kappa shape index (κ3) is 7.92. The predicted molar refractivity (Wildman–Crippen MR) is 181 cm³/mol. The summed E-state index contributed by atoms with van der Waals surface area (Å²) in [6, 6.07) is 28.3. The second kappa shape index (κ2) is 14.4. The molecule has 0 aromatic heterocycles. The quantitative estimate of drug-likeness (QED) is 0.0650. The molecule has 6 rings (SSSR count). The first-order valence-corrected chi connectivity index (χ1v) is 16.9. The van der Waals surface area contributed by atoms with E-state index in [0.29, 0.717) is 10.8 Å². The van der Waals surface area contributed by atoms with E-state index in [0.717, 1.165) is 22.9 Å². The van der Waals surface area contributed by atoms with Gasteiger partial charge in [0.1, 0.15) is 32.7 Å². The van der Waals surface area contributed by atoms with Crippen LogP contribution in [0.3, 0.4) is 0 Å². The Labute approximate surface area is 302 Å². The fourth-order valence-electron chi connectivity index (χ4n) is 4.99. The van der Waals surface area contributed by atoms with E-state index in [1.54, 1.807) is 36.4 Å². The summed E-state index contributed by atoms with van der Waals surface area (Å²) in [6.07, 6.45) is 2.47. The van der Waals surface area contributed by atoms with E-state index in [4.69, 9.17) is 0 Å². The van der Waals surface area contributed by atoms with Gasteiger partial charge in [0.2, 0.25) is 0 Å². The van der Waals surface area contributed by atoms with E-state index in [1.165, 1.54) is 48.6 Å². The summed E-state index contributed by atoms with van der Waals surface area (Å²) < 4.78 is 69.2. The Balaban J connectivity index is 0.00000468. The van der Waals surface area contributed by atoms with Crippen molar-refractivity contribution in [2.75, 3.05) is 0 Å². The van der Waals surface area contributed by atoms with Crippen LogP contribution >= 0.6 is 0 Å². The third-order valence-electron chi connectivity index (χ3n) is 7.28. The van der Waals surface area contributed by atoms with Crippen LogP contribution in [0.4, 0.5) is 22.7 Å². The summed E-state index contributed by atoms with van der Waals surface area (Å²) in [5.41, 5.74) is 0.359. The molecule has 0 heterocycles. The van der Waals surface area contributed by atoms with Crippen LogP contribution in [0.2, 0.25) is 0 Å². The third-order valence-corrected chi connectivity index (χ3v) is 9.10. The van der Waals surface area contributed by atoms with Crippen molar-refractivity contribution in [3.05, 3.63) is 120 Å². The zero-order chi connectivity index (χ0) is 34.1. The van der Waals surface area contributed by atoms with Crippen LogP contribution < -0.4 is 29.6 Å². The van der Waals surface area contributed by atoms with Crippen molar-refractivity contribution in [3.8, 4) is 11.5 Å². The number of benzene rings is 6. The van der Waals surface area contributed by atoms with Gasteiger partial charge in [0.05, 0.1) is 11.4 Å². The molecule has 6 aromatic rings. The molecule has 0 aliphatic carbocycles. The molecule has 240 valence electrons. The standard InChI is InChI=1S/C34H24N4O8S2.Na/c39-29-17-13-21-5-1-3-7-27(21)33(29)37-35-25-15-11-23(31(19-25)47(41,42)43)9-10-24-12-16-26(20-32(24)48(44,45)46)36-38-34-28-8-4-2-6-22(28)14-18-30(34)40;/h1-20,39-40H,(H,41,42,43)(H,44,45,46);/q;+1/b10-9+,37-35?,38-36?;. The van der Waals surface area contributed by atoms with Gasteiger partial charge < -0.3 is 10.2 Å². The van der Waals surface area contributed by atoms with Crippen molar-refractivity contribution in [2.45, 2.75) is 9.79 Å². The minimum Gasteiger partial charge on any atom is -0.506 e. The van der Waals surface area contributed by atoms with Crippen LogP contribution in [-0.2, 0) is 20.2 Å². The van der Waals surface area contributed by atoms with Crippen molar-refractivity contribution >= 4 is 76.7 Å². The molecular weight excluding hydrogens is 680 g/mol. The zero-order valence-electron chi connectivity index (χ0n) is 25.6. The molecule has 6 aromatic carbocycles. The molecule has 0 atom stereocenters. The molecule has 4 N–H and O–H groups in total. The first-order chi connectivity index (χ1) is 22.9. The minimum absolute atomic E-state index is 0. The summed E-state index contributed by atoms with van der Waals surface area (Å²) >= 11 is 0. The van der Waals surface area contributed by atoms with Gasteiger partial charge in [-0.1, -0.05) is 84.9 Å². The normalized spacial score (nSPS) is 12.4. The van der Waals surface area contributed by atoms with Gasteiger partial charge in [0.25, 0.3) is 20.2 Å². The second-order valence-electron chi connectivity index (χ2n) is 10.4. The number of phenols is 2. The molecule has 12 nitrogen and oxygen atoms in total. The van der Waals surface area contributed by atoms with E-state index < -0.39 is 30.0 Å². The number of rotatable bonds is 8. The molecular formula is C34H24N4NaO8S2+. The van der Waals surface area contributed by atoms with Crippen molar-refractivity contribution in [3.63, 3.8) is 0 Å². The van der Waals surface area contributed by atoms with Crippen LogP contribution in [0.15, 0.2) is 139 Å². The molecule has 0 bridgehead atoms. The number of fused-ring (bicyclic) bond motifs is 2. The van der Waals surface area contributed by atoms with Gasteiger partial charge >= 0.3 is 29.6 Å². The molecule has 0 radical (unpaired) electrons. The molecule has 0 spiro atoms. The number of phenolic OH excluding ortho intramolecular Hbond substituents is 2. The first-order valence-electron chi connectivity index (χ1n) is 14.0. The largest absolute Gasteiger partial charge is 1.00 e. The molecule has 0 fully saturated rings. The van der Waals surface area contributed by atoms with Crippen molar-refractivity contribution in [2.24, 2.45) is 20.5 Å². The van der Waals surface area contributed by atoms with Crippen LogP contribution in [0, 0.1) is 0 Å². The fourth-order valence-corrected chi connectivity index (χ4v) is 6.39. The van der Waals surface area contributed by atoms with E-state index in [9.17, 15) is 36.2 Å². The second-order valence-corrected chi connectivity index (χ2v) is 13.2. The van der Waals surface area contributed by atoms with Gasteiger partial charge in [-0.2, -0.15) is 27.1 Å². The zero-order valence-corrected chi connectivity index (χ0v) is 29.2. The maximum Gasteiger partial charge on any atom is 1.00 e. The molecule has 0 aliphatic rings. The van der Waals surface area contributed by atoms with E-state index in [-0.39, 0.29) is 74.9 Å². The Kier molecular flexibility index (Phi) is 10.4. The Bertz CT molecular complexity index is 2380. The van der Waals surface area contributed by atoms with Crippen LogP contribution in [0.25, 0.3) is 33.7 Å². The predicted octanol–water partition coefficient (Wildman–Crippen LogP) is 5.90. The molecule has 0 saturated carbocycles. The summed E-state index contributed by atoms with van der Waals surface area (Å²) in [6.45, 7) is 0. The molecule has 49 heavy (non-hydrogen) atoms. The van der Waals surface area contributed by atoms with Gasteiger partial charge in [-0.3, -0.25) is 9.11 Å². The fraction of sp³-hybridized carbons (Fsp3) is 0.